The Kier molecular flexibility index (Phi) is 3.77. The van der Waals surface area contributed by atoms with Crippen molar-refractivity contribution in [3.05, 3.63) is 23.3 Å². The lowest BCUT2D eigenvalue weighted by molar-refractivity contribution is 0.335. The number of methoxy groups -OCH3 is 1. The van der Waals surface area contributed by atoms with Crippen molar-refractivity contribution in [1.29, 1.82) is 0 Å². The van der Waals surface area contributed by atoms with Gasteiger partial charge in [-0.3, -0.25) is 0 Å². The van der Waals surface area contributed by atoms with Crippen LogP contribution < -0.4 is 15.2 Å². The summed E-state index contributed by atoms with van der Waals surface area (Å²) in [6.07, 6.45) is 0. The SMILES string of the molecule is CCOc1cc(C)c(CN)c(OC)c1. The van der Waals surface area contributed by atoms with Crippen LogP contribution in [-0.4, -0.2) is 13.7 Å². The highest BCUT2D eigenvalue weighted by molar-refractivity contribution is 5.46. The van der Waals surface area contributed by atoms with Crippen LogP contribution in [0, 0.1) is 6.92 Å². The molecule has 0 aromatic heterocycles. The van der Waals surface area contributed by atoms with Crippen molar-refractivity contribution < 1.29 is 9.47 Å². The first-order valence-corrected chi connectivity index (χ1v) is 4.73. The topological polar surface area (TPSA) is 44.5 Å². The van der Waals surface area contributed by atoms with Crippen LogP contribution in [0.5, 0.6) is 11.5 Å². The molecule has 1 aromatic rings. The number of benzene rings is 1. The van der Waals surface area contributed by atoms with Gasteiger partial charge in [-0.25, -0.2) is 0 Å². The van der Waals surface area contributed by atoms with Gasteiger partial charge in [0.2, 0.25) is 0 Å². The fourth-order valence-electron chi connectivity index (χ4n) is 1.45. The second-order valence-electron chi connectivity index (χ2n) is 3.06. The molecule has 0 radical (unpaired) electrons. The molecule has 1 aromatic carbocycles. The number of ether oxygens (including phenoxy) is 2. The minimum Gasteiger partial charge on any atom is -0.496 e. The molecular formula is C11H17NO2. The number of nitrogens with two attached hydrogens (primary N) is 1. The van der Waals surface area contributed by atoms with Gasteiger partial charge in [0.25, 0.3) is 0 Å². The Bertz CT molecular complexity index is 310. The molecule has 0 unspecified atom stereocenters. The van der Waals surface area contributed by atoms with Crippen LogP contribution in [0.1, 0.15) is 18.1 Å². The van der Waals surface area contributed by atoms with Gasteiger partial charge in [-0.1, -0.05) is 0 Å². The lowest BCUT2D eigenvalue weighted by Gasteiger charge is -2.12. The molecule has 78 valence electrons. The molecule has 0 spiro atoms. The van der Waals surface area contributed by atoms with Crippen LogP contribution in [0.2, 0.25) is 0 Å². The Balaban J connectivity index is 3.10. The highest BCUT2D eigenvalue weighted by Gasteiger charge is 2.07. The van der Waals surface area contributed by atoms with Crippen LogP contribution in [0.15, 0.2) is 12.1 Å². The highest BCUT2D eigenvalue weighted by Crippen LogP contribution is 2.27. The molecule has 0 aliphatic carbocycles. The quantitative estimate of drug-likeness (QED) is 0.797. The number of hydrogen-bond donors (Lipinski definition) is 1. The van der Waals surface area contributed by atoms with Crippen LogP contribution in [-0.2, 0) is 6.54 Å². The molecule has 0 atom stereocenters. The molecular weight excluding hydrogens is 178 g/mol. The number of hydrogen-bond acceptors (Lipinski definition) is 3. The standard InChI is InChI=1S/C11H17NO2/c1-4-14-9-5-8(2)10(7-12)11(6-9)13-3/h5-6H,4,7,12H2,1-3H3. The van der Waals surface area contributed by atoms with Gasteiger partial charge in [0.15, 0.2) is 0 Å². The van der Waals surface area contributed by atoms with Gasteiger partial charge in [-0.2, -0.15) is 0 Å². The first-order chi connectivity index (χ1) is 6.72. The fraction of sp³-hybridized carbons (Fsp3) is 0.455. The zero-order valence-electron chi connectivity index (χ0n) is 8.96. The first-order valence-electron chi connectivity index (χ1n) is 4.73. The smallest absolute Gasteiger partial charge is 0.127 e. The second-order valence-corrected chi connectivity index (χ2v) is 3.06. The van der Waals surface area contributed by atoms with Gasteiger partial charge in [-0.05, 0) is 25.5 Å². The fourth-order valence-corrected chi connectivity index (χ4v) is 1.45. The summed E-state index contributed by atoms with van der Waals surface area (Å²) in [5.74, 6) is 1.63. The van der Waals surface area contributed by atoms with Crippen LogP contribution in [0.25, 0.3) is 0 Å². The Morgan fingerprint density at radius 3 is 2.57 bits per heavy atom. The van der Waals surface area contributed by atoms with E-state index in [9.17, 15) is 0 Å². The van der Waals surface area contributed by atoms with Crippen molar-refractivity contribution in [1.82, 2.24) is 0 Å². The molecule has 1 rings (SSSR count). The van der Waals surface area contributed by atoms with Crippen molar-refractivity contribution in [2.75, 3.05) is 13.7 Å². The molecule has 0 heterocycles. The van der Waals surface area contributed by atoms with Crippen LogP contribution in [0.3, 0.4) is 0 Å². The Morgan fingerprint density at radius 1 is 1.36 bits per heavy atom. The minimum atomic E-state index is 0.488. The summed E-state index contributed by atoms with van der Waals surface area (Å²) in [4.78, 5) is 0. The summed E-state index contributed by atoms with van der Waals surface area (Å²) >= 11 is 0. The first kappa shape index (κ1) is 10.9. The van der Waals surface area contributed by atoms with Gasteiger partial charge < -0.3 is 15.2 Å². The minimum absolute atomic E-state index is 0.488. The zero-order valence-corrected chi connectivity index (χ0v) is 8.96. The van der Waals surface area contributed by atoms with E-state index in [1.54, 1.807) is 7.11 Å². The second kappa shape index (κ2) is 4.86. The molecule has 0 saturated carbocycles. The summed E-state index contributed by atoms with van der Waals surface area (Å²) in [6, 6.07) is 3.85. The summed E-state index contributed by atoms with van der Waals surface area (Å²) in [5.41, 5.74) is 7.77. The van der Waals surface area contributed by atoms with Crippen LogP contribution >= 0.6 is 0 Å². The van der Waals surface area contributed by atoms with Gasteiger partial charge in [-0.15, -0.1) is 0 Å². The van der Waals surface area contributed by atoms with E-state index in [1.165, 1.54) is 0 Å². The van der Waals surface area contributed by atoms with Crippen LogP contribution in [0.4, 0.5) is 0 Å². The van der Waals surface area contributed by atoms with Gasteiger partial charge in [0.05, 0.1) is 13.7 Å². The van der Waals surface area contributed by atoms with Crippen molar-refractivity contribution in [3.8, 4) is 11.5 Å². The third kappa shape index (κ3) is 2.17. The Hall–Kier alpha value is -1.22. The maximum atomic E-state index is 5.63. The van der Waals surface area contributed by atoms with Crippen molar-refractivity contribution >= 4 is 0 Å². The van der Waals surface area contributed by atoms with E-state index in [0.29, 0.717) is 13.2 Å². The molecule has 3 heteroatoms. The predicted molar refractivity (Wildman–Crippen MR) is 56.8 cm³/mol. The highest BCUT2D eigenvalue weighted by atomic mass is 16.5. The van der Waals surface area contributed by atoms with E-state index in [1.807, 2.05) is 26.0 Å². The molecule has 0 bridgehead atoms. The molecule has 0 aliphatic rings. The van der Waals surface area contributed by atoms with E-state index < -0.39 is 0 Å². The van der Waals surface area contributed by atoms with E-state index in [0.717, 1.165) is 22.6 Å². The summed E-state index contributed by atoms with van der Waals surface area (Å²) in [7, 11) is 1.64. The maximum Gasteiger partial charge on any atom is 0.127 e. The molecule has 0 amide bonds. The maximum absolute atomic E-state index is 5.63. The van der Waals surface area contributed by atoms with Gasteiger partial charge >= 0.3 is 0 Å². The average molecular weight is 195 g/mol. The van der Waals surface area contributed by atoms with Gasteiger partial charge in [0, 0.05) is 18.2 Å². The average Bonchev–Trinajstić information content (AvgIpc) is 2.17. The lowest BCUT2D eigenvalue weighted by Crippen LogP contribution is -2.03. The zero-order chi connectivity index (χ0) is 10.6. The van der Waals surface area contributed by atoms with Gasteiger partial charge in [0.1, 0.15) is 11.5 Å². The number of aryl methyl sites for hydroxylation is 1. The molecule has 0 aliphatic heterocycles. The summed E-state index contributed by atoms with van der Waals surface area (Å²) < 4.78 is 10.7. The van der Waals surface area contributed by atoms with E-state index in [4.69, 9.17) is 15.2 Å². The molecule has 14 heavy (non-hydrogen) atoms. The summed E-state index contributed by atoms with van der Waals surface area (Å²) in [6.45, 7) is 5.11. The Morgan fingerprint density at radius 2 is 2.07 bits per heavy atom. The Labute approximate surface area is 84.8 Å². The lowest BCUT2D eigenvalue weighted by atomic mass is 10.1. The molecule has 0 fully saturated rings. The van der Waals surface area contributed by atoms with Crippen molar-refractivity contribution in [2.45, 2.75) is 20.4 Å². The van der Waals surface area contributed by atoms with E-state index in [2.05, 4.69) is 0 Å². The van der Waals surface area contributed by atoms with E-state index >= 15 is 0 Å². The third-order valence-electron chi connectivity index (χ3n) is 2.14. The summed E-state index contributed by atoms with van der Waals surface area (Å²) in [5, 5.41) is 0. The third-order valence-corrected chi connectivity index (χ3v) is 2.14. The van der Waals surface area contributed by atoms with E-state index in [-0.39, 0.29) is 0 Å². The number of rotatable bonds is 4. The molecule has 3 nitrogen and oxygen atoms in total. The molecule has 0 saturated heterocycles. The predicted octanol–water partition coefficient (Wildman–Crippen LogP) is 1.86. The normalized spacial score (nSPS) is 10.0. The van der Waals surface area contributed by atoms with Crippen molar-refractivity contribution in [3.63, 3.8) is 0 Å². The largest absolute Gasteiger partial charge is 0.496 e. The van der Waals surface area contributed by atoms with Crippen molar-refractivity contribution in [2.24, 2.45) is 5.73 Å². The molecule has 2 N–H and O–H groups in total. The monoisotopic (exact) mass is 195 g/mol.